The molecule has 1 aliphatic carbocycles. The Kier molecular flexibility index (Phi) is 5.91. The number of rotatable bonds is 4. The van der Waals surface area contributed by atoms with Crippen molar-refractivity contribution in [3.8, 4) is 0 Å². The fourth-order valence-electron chi connectivity index (χ4n) is 3.90. The molecule has 2 amide bonds. The zero-order valence-electron chi connectivity index (χ0n) is 13.9. The minimum Gasteiger partial charge on any atom is -0.328 e. The van der Waals surface area contributed by atoms with Gasteiger partial charge in [0.2, 0.25) is 0 Å². The van der Waals surface area contributed by atoms with Gasteiger partial charge in [0, 0.05) is 26.2 Å². The molecule has 21 heavy (non-hydrogen) atoms. The fourth-order valence-corrected chi connectivity index (χ4v) is 3.90. The first-order chi connectivity index (χ1) is 10.1. The lowest BCUT2D eigenvalue weighted by Gasteiger charge is -2.49. The molecule has 1 aliphatic heterocycles. The van der Waals surface area contributed by atoms with Gasteiger partial charge in [0.25, 0.3) is 0 Å². The summed E-state index contributed by atoms with van der Waals surface area (Å²) >= 11 is 0. The second-order valence-corrected chi connectivity index (χ2v) is 7.09. The monoisotopic (exact) mass is 295 g/mol. The molecule has 0 spiro atoms. The van der Waals surface area contributed by atoms with Crippen LogP contribution in [-0.4, -0.2) is 47.5 Å². The van der Waals surface area contributed by atoms with E-state index in [9.17, 15) is 4.79 Å². The maximum absolute atomic E-state index is 13.0. The Balaban J connectivity index is 2.13. The number of hydrogen-bond donors (Lipinski definition) is 1. The maximum atomic E-state index is 13.0. The van der Waals surface area contributed by atoms with Crippen LogP contribution in [0.25, 0.3) is 0 Å². The first-order valence-electron chi connectivity index (χ1n) is 8.89. The van der Waals surface area contributed by atoms with E-state index in [-0.39, 0.29) is 11.6 Å². The van der Waals surface area contributed by atoms with E-state index in [1.807, 2.05) is 0 Å². The van der Waals surface area contributed by atoms with Crippen molar-refractivity contribution in [3.05, 3.63) is 0 Å². The highest BCUT2D eigenvalue weighted by atomic mass is 16.2. The number of carbonyl (C=O) groups is 1. The predicted molar refractivity (Wildman–Crippen MR) is 87.2 cm³/mol. The molecule has 0 aromatic heterocycles. The molecule has 2 fully saturated rings. The van der Waals surface area contributed by atoms with E-state index in [4.69, 9.17) is 5.73 Å². The van der Waals surface area contributed by atoms with Gasteiger partial charge in [-0.3, -0.25) is 0 Å². The Hall–Kier alpha value is -0.770. The van der Waals surface area contributed by atoms with E-state index < -0.39 is 0 Å². The van der Waals surface area contributed by atoms with E-state index in [0.717, 1.165) is 57.7 Å². The summed E-state index contributed by atoms with van der Waals surface area (Å²) in [6.07, 6.45) is 9.12. The number of amides is 2. The van der Waals surface area contributed by atoms with Crippen molar-refractivity contribution in [1.29, 1.82) is 0 Å². The molecule has 122 valence electrons. The molecular weight excluding hydrogens is 262 g/mol. The Morgan fingerprint density at radius 3 is 2.38 bits per heavy atom. The SMILES string of the molecule is CCCN(C(=O)N1CCCCC1)C1(CN)CCC(C)CC1. The summed E-state index contributed by atoms with van der Waals surface area (Å²) in [5, 5.41) is 0. The number of nitrogens with zero attached hydrogens (tertiary/aromatic N) is 2. The topological polar surface area (TPSA) is 49.6 Å². The smallest absolute Gasteiger partial charge is 0.320 e. The average molecular weight is 295 g/mol. The van der Waals surface area contributed by atoms with Crippen molar-refractivity contribution in [2.45, 2.75) is 70.8 Å². The van der Waals surface area contributed by atoms with Crippen molar-refractivity contribution in [3.63, 3.8) is 0 Å². The van der Waals surface area contributed by atoms with E-state index in [2.05, 4.69) is 23.6 Å². The van der Waals surface area contributed by atoms with Gasteiger partial charge < -0.3 is 15.5 Å². The fraction of sp³-hybridized carbons (Fsp3) is 0.941. The summed E-state index contributed by atoms with van der Waals surface area (Å²) in [4.78, 5) is 17.2. The molecule has 0 atom stereocenters. The quantitative estimate of drug-likeness (QED) is 0.866. The van der Waals surface area contributed by atoms with Crippen molar-refractivity contribution >= 4 is 6.03 Å². The van der Waals surface area contributed by atoms with Crippen LogP contribution in [0.3, 0.4) is 0 Å². The zero-order valence-corrected chi connectivity index (χ0v) is 13.9. The summed E-state index contributed by atoms with van der Waals surface area (Å²) in [7, 11) is 0. The average Bonchev–Trinajstić information content (AvgIpc) is 2.54. The molecular formula is C17H33N3O. The number of likely N-dealkylation sites (tertiary alicyclic amines) is 1. The molecule has 1 saturated heterocycles. The second-order valence-electron chi connectivity index (χ2n) is 7.09. The zero-order chi connectivity index (χ0) is 15.3. The van der Waals surface area contributed by atoms with Crippen LogP contribution in [0, 0.1) is 5.92 Å². The van der Waals surface area contributed by atoms with Crippen LogP contribution in [0.4, 0.5) is 4.79 Å². The highest BCUT2D eigenvalue weighted by Gasteiger charge is 2.42. The van der Waals surface area contributed by atoms with Gasteiger partial charge in [0.15, 0.2) is 0 Å². The van der Waals surface area contributed by atoms with Crippen LogP contribution in [0.15, 0.2) is 0 Å². The predicted octanol–water partition coefficient (Wildman–Crippen LogP) is 3.21. The van der Waals surface area contributed by atoms with Crippen LogP contribution >= 0.6 is 0 Å². The molecule has 2 N–H and O–H groups in total. The van der Waals surface area contributed by atoms with Crippen LogP contribution in [0.1, 0.15) is 65.2 Å². The van der Waals surface area contributed by atoms with Crippen LogP contribution in [0.5, 0.6) is 0 Å². The van der Waals surface area contributed by atoms with Crippen molar-refractivity contribution in [2.24, 2.45) is 11.7 Å². The minimum absolute atomic E-state index is 0.0863. The van der Waals surface area contributed by atoms with Gasteiger partial charge >= 0.3 is 6.03 Å². The minimum atomic E-state index is -0.0863. The van der Waals surface area contributed by atoms with Gasteiger partial charge in [-0.1, -0.05) is 13.8 Å². The third-order valence-electron chi connectivity index (χ3n) is 5.46. The standard InChI is InChI=1S/C17H33N3O/c1-3-11-20(16(21)19-12-5-4-6-13-19)17(14-18)9-7-15(2)8-10-17/h15H,3-14,18H2,1-2H3. The van der Waals surface area contributed by atoms with Gasteiger partial charge in [0.1, 0.15) is 0 Å². The van der Waals surface area contributed by atoms with Crippen molar-refractivity contribution < 1.29 is 4.79 Å². The lowest BCUT2D eigenvalue weighted by molar-refractivity contribution is 0.0492. The van der Waals surface area contributed by atoms with E-state index in [1.54, 1.807) is 0 Å². The second kappa shape index (κ2) is 7.48. The van der Waals surface area contributed by atoms with Gasteiger partial charge in [-0.05, 0) is 57.3 Å². The lowest BCUT2D eigenvalue weighted by atomic mass is 9.76. The first-order valence-corrected chi connectivity index (χ1v) is 8.89. The van der Waals surface area contributed by atoms with Gasteiger partial charge in [-0.25, -0.2) is 4.79 Å². The van der Waals surface area contributed by atoms with Gasteiger partial charge in [0.05, 0.1) is 5.54 Å². The number of carbonyl (C=O) groups excluding carboxylic acids is 1. The largest absolute Gasteiger partial charge is 0.328 e. The summed E-state index contributed by atoms with van der Waals surface area (Å²) in [6.45, 7) is 7.79. The van der Waals surface area contributed by atoms with Gasteiger partial charge in [-0.15, -0.1) is 0 Å². The third kappa shape index (κ3) is 3.71. The number of urea groups is 1. The molecule has 0 unspecified atom stereocenters. The Labute approximate surface area is 130 Å². The Bertz CT molecular complexity index is 331. The number of piperidine rings is 1. The number of nitrogens with two attached hydrogens (primary N) is 1. The lowest BCUT2D eigenvalue weighted by Crippen LogP contribution is -2.61. The van der Waals surface area contributed by atoms with Crippen LogP contribution in [0.2, 0.25) is 0 Å². The Morgan fingerprint density at radius 1 is 1.24 bits per heavy atom. The molecule has 1 heterocycles. The summed E-state index contributed by atoms with van der Waals surface area (Å²) in [5.41, 5.74) is 6.08. The summed E-state index contributed by atoms with van der Waals surface area (Å²) in [6, 6.07) is 0.247. The summed E-state index contributed by atoms with van der Waals surface area (Å²) in [5.74, 6) is 0.776. The highest BCUT2D eigenvalue weighted by Crippen LogP contribution is 2.36. The molecule has 4 heteroatoms. The van der Waals surface area contributed by atoms with E-state index >= 15 is 0 Å². The van der Waals surface area contributed by atoms with E-state index in [1.165, 1.54) is 19.3 Å². The number of hydrogen-bond acceptors (Lipinski definition) is 2. The van der Waals surface area contributed by atoms with Crippen molar-refractivity contribution in [2.75, 3.05) is 26.2 Å². The summed E-state index contributed by atoms with van der Waals surface area (Å²) < 4.78 is 0. The normalized spacial score (nSPS) is 30.2. The van der Waals surface area contributed by atoms with Crippen molar-refractivity contribution in [1.82, 2.24) is 9.80 Å². The Morgan fingerprint density at radius 2 is 1.86 bits per heavy atom. The molecule has 0 aromatic rings. The highest BCUT2D eigenvalue weighted by molar-refractivity contribution is 5.75. The maximum Gasteiger partial charge on any atom is 0.320 e. The molecule has 0 radical (unpaired) electrons. The molecule has 2 aliphatic rings. The molecule has 2 rings (SSSR count). The molecule has 0 aromatic carbocycles. The van der Waals surface area contributed by atoms with E-state index in [0.29, 0.717) is 6.54 Å². The first kappa shape index (κ1) is 16.6. The molecule has 4 nitrogen and oxygen atoms in total. The van der Waals surface area contributed by atoms with Crippen LogP contribution < -0.4 is 5.73 Å². The van der Waals surface area contributed by atoms with Crippen LogP contribution in [-0.2, 0) is 0 Å². The molecule has 0 bridgehead atoms. The third-order valence-corrected chi connectivity index (χ3v) is 5.46. The molecule has 1 saturated carbocycles. The van der Waals surface area contributed by atoms with Gasteiger partial charge in [-0.2, -0.15) is 0 Å².